The molecule has 0 spiro atoms. The second-order valence-electron chi connectivity index (χ2n) is 7.46. The van der Waals surface area contributed by atoms with Crippen LogP contribution >= 0.6 is 0 Å². The third-order valence-corrected chi connectivity index (χ3v) is 5.01. The molecule has 0 unspecified atom stereocenters. The first-order valence-corrected chi connectivity index (χ1v) is 9.20. The van der Waals surface area contributed by atoms with E-state index in [1.54, 1.807) is 31.9 Å². The van der Waals surface area contributed by atoms with Gasteiger partial charge in [-0.1, -0.05) is 12.1 Å². The fourth-order valence-corrected chi connectivity index (χ4v) is 3.34. The molecule has 27 heavy (non-hydrogen) atoms. The number of piperidine rings is 1. The van der Waals surface area contributed by atoms with Gasteiger partial charge in [0.25, 0.3) is 5.91 Å². The lowest BCUT2D eigenvalue weighted by atomic mass is 9.84. The summed E-state index contributed by atoms with van der Waals surface area (Å²) in [5, 5.41) is 17.3. The van der Waals surface area contributed by atoms with E-state index in [2.05, 4.69) is 10.2 Å². The van der Waals surface area contributed by atoms with Gasteiger partial charge in [-0.15, -0.1) is 0 Å². The summed E-state index contributed by atoms with van der Waals surface area (Å²) in [5.41, 5.74) is 0.281. The molecule has 1 aliphatic rings. The number of likely N-dealkylation sites (tertiary alicyclic amines) is 1. The summed E-state index contributed by atoms with van der Waals surface area (Å²) < 4.78 is 11.0. The van der Waals surface area contributed by atoms with Crippen molar-refractivity contribution in [2.75, 3.05) is 20.2 Å². The third kappa shape index (κ3) is 4.60. The zero-order chi connectivity index (χ0) is 19.4. The molecule has 2 heterocycles. The lowest BCUT2D eigenvalue weighted by Crippen LogP contribution is -2.47. The Balaban J connectivity index is 1.62. The molecular formula is C20H27N3O4. The van der Waals surface area contributed by atoms with E-state index >= 15 is 0 Å². The minimum Gasteiger partial charge on any atom is -0.493 e. The van der Waals surface area contributed by atoms with Crippen molar-refractivity contribution >= 4 is 5.91 Å². The van der Waals surface area contributed by atoms with Crippen LogP contribution in [-0.2, 0) is 6.61 Å². The number of hydrogen-bond acceptors (Lipinski definition) is 5. The summed E-state index contributed by atoms with van der Waals surface area (Å²) in [6, 6.07) is 9.11. The van der Waals surface area contributed by atoms with Gasteiger partial charge in [-0.3, -0.25) is 9.89 Å². The van der Waals surface area contributed by atoms with Crippen molar-refractivity contribution < 1.29 is 19.4 Å². The molecule has 0 aliphatic carbocycles. The lowest BCUT2D eigenvalue weighted by Gasteiger charge is -2.38. The molecule has 1 amide bonds. The molecule has 2 N–H and O–H groups in total. The van der Waals surface area contributed by atoms with Crippen LogP contribution in [0.5, 0.6) is 11.5 Å². The summed E-state index contributed by atoms with van der Waals surface area (Å²) in [6.07, 6.45) is 1.81. The van der Waals surface area contributed by atoms with E-state index in [1.807, 2.05) is 24.3 Å². The lowest BCUT2D eigenvalue weighted by molar-refractivity contribution is -0.0147. The largest absolute Gasteiger partial charge is 0.493 e. The molecule has 146 valence electrons. The zero-order valence-corrected chi connectivity index (χ0v) is 16.1. The number of amides is 1. The highest BCUT2D eigenvalue weighted by molar-refractivity contribution is 5.92. The summed E-state index contributed by atoms with van der Waals surface area (Å²) in [5.74, 6) is 1.23. The fourth-order valence-electron chi connectivity index (χ4n) is 3.34. The Bertz CT molecular complexity index is 782. The Morgan fingerprint density at radius 2 is 2.11 bits per heavy atom. The summed E-state index contributed by atoms with van der Waals surface area (Å²) >= 11 is 0. The monoisotopic (exact) mass is 373 g/mol. The number of ether oxygens (including phenoxy) is 2. The van der Waals surface area contributed by atoms with Crippen LogP contribution in [0.3, 0.4) is 0 Å². The molecule has 7 heteroatoms. The molecule has 1 fully saturated rings. The van der Waals surface area contributed by atoms with Crippen molar-refractivity contribution in [2.24, 2.45) is 5.92 Å². The molecule has 1 aliphatic heterocycles. The number of benzene rings is 1. The Hall–Kier alpha value is -2.54. The molecule has 1 aromatic heterocycles. The number of nitrogens with zero attached hydrogens (tertiary/aromatic N) is 2. The summed E-state index contributed by atoms with van der Waals surface area (Å²) in [4.78, 5) is 14.5. The third-order valence-electron chi connectivity index (χ3n) is 5.01. The van der Waals surface area contributed by atoms with Gasteiger partial charge in [-0.05, 0) is 44.9 Å². The highest BCUT2D eigenvalue weighted by Crippen LogP contribution is 2.28. The number of para-hydroxylation sites is 2. The Labute approximate surface area is 159 Å². The number of methoxy groups -OCH3 is 1. The number of rotatable bonds is 6. The molecule has 1 aromatic carbocycles. The number of hydrogen-bond donors (Lipinski definition) is 2. The van der Waals surface area contributed by atoms with Gasteiger partial charge >= 0.3 is 0 Å². The zero-order valence-electron chi connectivity index (χ0n) is 16.1. The SMILES string of the molecule is COc1ccccc1OCc1cc(C(=O)N2CCC[C@H](C(C)(C)O)C2)n[nH]1. The minimum atomic E-state index is -0.793. The second-order valence-corrected chi connectivity index (χ2v) is 7.46. The highest BCUT2D eigenvalue weighted by Gasteiger charge is 2.33. The van der Waals surface area contributed by atoms with Crippen molar-refractivity contribution in [3.05, 3.63) is 41.7 Å². The van der Waals surface area contributed by atoms with Crippen molar-refractivity contribution in [1.82, 2.24) is 15.1 Å². The van der Waals surface area contributed by atoms with Gasteiger partial charge in [0.05, 0.1) is 18.4 Å². The maximum atomic E-state index is 12.8. The van der Waals surface area contributed by atoms with E-state index in [4.69, 9.17) is 9.47 Å². The van der Waals surface area contributed by atoms with Crippen LogP contribution in [0.4, 0.5) is 0 Å². The van der Waals surface area contributed by atoms with Crippen LogP contribution in [0.1, 0.15) is 42.9 Å². The maximum Gasteiger partial charge on any atom is 0.274 e. The molecule has 0 radical (unpaired) electrons. The van der Waals surface area contributed by atoms with Gasteiger partial charge < -0.3 is 19.5 Å². The topological polar surface area (TPSA) is 87.7 Å². The van der Waals surface area contributed by atoms with Gasteiger partial charge in [-0.2, -0.15) is 5.10 Å². The molecule has 7 nitrogen and oxygen atoms in total. The molecular weight excluding hydrogens is 346 g/mol. The first-order valence-electron chi connectivity index (χ1n) is 9.20. The first-order chi connectivity index (χ1) is 12.9. The van der Waals surface area contributed by atoms with Crippen LogP contribution in [0, 0.1) is 5.92 Å². The number of H-pyrrole nitrogens is 1. The van der Waals surface area contributed by atoms with Gasteiger partial charge in [0.15, 0.2) is 17.2 Å². The quantitative estimate of drug-likeness (QED) is 0.813. The predicted molar refractivity (Wildman–Crippen MR) is 101 cm³/mol. The average molecular weight is 373 g/mol. The highest BCUT2D eigenvalue weighted by atomic mass is 16.5. The summed E-state index contributed by atoms with van der Waals surface area (Å²) in [7, 11) is 1.59. The van der Waals surface area contributed by atoms with E-state index in [9.17, 15) is 9.90 Å². The normalized spacial score (nSPS) is 17.6. The molecule has 1 atom stereocenters. The van der Waals surface area contributed by atoms with Crippen LogP contribution < -0.4 is 9.47 Å². The van der Waals surface area contributed by atoms with Crippen LogP contribution in [0.2, 0.25) is 0 Å². The van der Waals surface area contributed by atoms with Crippen LogP contribution in [0.25, 0.3) is 0 Å². The number of aromatic amines is 1. The van der Waals surface area contributed by atoms with Gasteiger partial charge in [0, 0.05) is 19.0 Å². The predicted octanol–water partition coefficient (Wildman–Crippen LogP) is 2.62. The number of carbonyl (C=O) groups is 1. The number of aromatic nitrogens is 2. The number of nitrogens with one attached hydrogen (secondary N) is 1. The van der Waals surface area contributed by atoms with Crippen molar-refractivity contribution in [1.29, 1.82) is 0 Å². The first kappa shape index (κ1) is 19.2. The van der Waals surface area contributed by atoms with E-state index < -0.39 is 5.60 Å². The van der Waals surface area contributed by atoms with E-state index in [-0.39, 0.29) is 18.4 Å². The van der Waals surface area contributed by atoms with Crippen LogP contribution in [-0.4, -0.2) is 51.9 Å². The second kappa shape index (κ2) is 8.00. The maximum absolute atomic E-state index is 12.8. The van der Waals surface area contributed by atoms with Gasteiger partial charge in [0.2, 0.25) is 0 Å². The molecule has 2 aromatic rings. The number of aliphatic hydroxyl groups is 1. The standard InChI is InChI=1S/C20H27N3O4/c1-20(2,25)14-7-6-10-23(12-14)19(24)16-11-15(21-22-16)13-27-18-9-5-4-8-17(18)26-3/h4-5,8-9,11,14,25H,6-7,10,12-13H2,1-3H3,(H,21,22)/t14-/m0/s1. The van der Waals surface area contributed by atoms with Crippen molar-refractivity contribution in [3.8, 4) is 11.5 Å². The molecule has 0 saturated carbocycles. The van der Waals surface area contributed by atoms with E-state index in [0.717, 1.165) is 12.8 Å². The van der Waals surface area contributed by atoms with E-state index in [1.165, 1.54) is 0 Å². The molecule has 0 bridgehead atoms. The van der Waals surface area contributed by atoms with Crippen LogP contribution in [0.15, 0.2) is 30.3 Å². The Morgan fingerprint density at radius 1 is 1.37 bits per heavy atom. The van der Waals surface area contributed by atoms with Crippen molar-refractivity contribution in [3.63, 3.8) is 0 Å². The van der Waals surface area contributed by atoms with Gasteiger partial charge in [-0.25, -0.2) is 0 Å². The minimum absolute atomic E-state index is 0.0718. The Morgan fingerprint density at radius 3 is 2.81 bits per heavy atom. The van der Waals surface area contributed by atoms with Crippen molar-refractivity contribution in [2.45, 2.75) is 38.9 Å². The number of carbonyl (C=O) groups excluding carboxylic acids is 1. The van der Waals surface area contributed by atoms with Gasteiger partial charge in [0.1, 0.15) is 6.61 Å². The Kier molecular flexibility index (Phi) is 5.70. The average Bonchev–Trinajstić information content (AvgIpc) is 3.14. The molecule has 3 rings (SSSR count). The summed E-state index contributed by atoms with van der Waals surface area (Å²) in [6.45, 7) is 5.08. The fraction of sp³-hybridized carbons (Fsp3) is 0.500. The molecule has 1 saturated heterocycles. The van der Waals surface area contributed by atoms with E-state index in [0.29, 0.717) is 36.0 Å². The smallest absolute Gasteiger partial charge is 0.274 e.